The third-order valence-corrected chi connectivity index (χ3v) is 21.8. The van der Waals surface area contributed by atoms with Gasteiger partial charge in [0.25, 0.3) is 0 Å². The molecule has 7 rings (SSSR count). The van der Waals surface area contributed by atoms with Crippen LogP contribution in [0.4, 0.5) is 0 Å². The largest absolute Gasteiger partial charge is 0.0533 e. The van der Waals surface area contributed by atoms with E-state index in [2.05, 4.69) is 0 Å². The molecule has 3 atom stereocenters. The molecule has 366 valence electrons. The van der Waals surface area contributed by atoms with Gasteiger partial charge in [0.15, 0.2) is 0 Å². The molecule has 0 aromatic carbocycles. The van der Waals surface area contributed by atoms with Crippen LogP contribution in [0, 0.1) is 51.8 Å². The highest BCUT2D eigenvalue weighted by Gasteiger charge is 2.73. The fraction of sp³-hybridized carbons (Fsp3) is 1.00. The van der Waals surface area contributed by atoms with Crippen LogP contribution < -0.4 is 0 Å². The number of hydrogen-bond acceptors (Lipinski definition) is 0. The smallest absolute Gasteiger partial charge is 0.0117 e. The van der Waals surface area contributed by atoms with Gasteiger partial charge in [-0.05, 0) is 142 Å². The van der Waals surface area contributed by atoms with Gasteiger partial charge in [0.05, 0.1) is 0 Å². The van der Waals surface area contributed by atoms with E-state index in [-0.39, 0.29) is 0 Å². The number of rotatable bonds is 6. The second kappa shape index (κ2) is 28.5. The van der Waals surface area contributed by atoms with Gasteiger partial charge in [-0.15, -0.1) is 0 Å². The molecule has 3 unspecified atom stereocenters. The van der Waals surface area contributed by atoms with Crippen LogP contribution in [-0.4, -0.2) is 0 Å². The summed E-state index contributed by atoms with van der Waals surface area (Å²) in [6, 6.07) is 0. The molecule has 0 nitrogen and oxygen atoms in total. The lowest BCUT2D eigenvalue weighted by atomic mass is 9.28. The highest BCUT2D eigenvalue weighted by atomic mass is 14.8. The van der Waals surface area contributed by atoms with E-state index in [0.717, 1.165) is 35.5 Å². The van der Waals surface area contributed by atoms with Gasteiger partial charge in [-0.3, -0.25) is 0 Å². The first-order chi connectivity index (χ1) is 31.3. The fourth-order valence-electron chi connectivity index (χ4n) is 19.5. The molecule has 7 aliphatic rings. The summed E-state index contributed by atoms with van der Waals surface area (Å²) in [5.74, 6) is 5.97. The predicted molar refractivity (Wildman–Crippen MR) is 278 cm³/mol. The Morgan fingerprint density at radius 3 is 0.492 bits per heavy atom. The Balaban J connectivity index is 1.62. The van der Waals surface area contributed by atoms with Crippen LogP contribution in [0.5, 0.6) is 0 Å². The molecule has 0 saturated heterocycles. The Kier molecular flexibility index (Phi) is 23.0. The van der Waals surface area contributed by atoms with Crippen LogP contribution in [-0.2, 0) is 0 Å². The third kappa shape index (κ3) is 13.0. The normalized spacial score (nSPS) is 34.9. The van der Waals surface area contributed by atoms with E-state index in [9.17, 15) is 0 Å². The molecule has 0 aromatic heterocycles. The molecule has 7 saturated carbocycles. The zero-order chi connectivity index (χ0) is 43.1. The topological polar surface area (TPSA) is 0 Å². The van der Waals surface area contributed by atoms with Crippen molar-refractivity contribution < 1.29 is 0 Å². The van der Waals surface area contributed by atoms with Crippen molar-refractivity contribution in [3.63, 3.8) is 0 Å². The van der Waals surface area contributed by atoms with Crippen LogP contribution in [0.2, 0.25) is 0 Å². The molecule has 0 heteroatoms. The molecular formula is C63H114. The minimum absolute atomic E-state index is 0.525. The van der Waals surface area contributed by atoms with E-state index in [4.69, 9.17) is 0 Å². The van der Waals surface area contributed by atoms with Crippen LogP contribution in [0.25, 0.3) is 0 Å². The Labute approximate surface area is 396 Å². The second-order valence-electron chi connectivity index (χ2n) is 25.2. The van der Waals surface area contributed by atoms with E-state index >= 15 is 0 Å². The summed E-state index contributed by atoms with van der Waals surface area (Å²) in [5, 5.41) is 0. The summed E-state index contributed by atoms with van der Waals surface area (Å²) in [6.07, 6.45) is 85.2. The molecule has 63 heavy (non-hydrogen) atoms. The zero-order valence-electron chi connectivity index (χ0n) is 43.1. The number of hydrogen-bond donors (Lipinski definition) is 0. The molecule has 7 fully saturated rings. The third-order valence-electron chi connectivity index (χ3n) is 21.8. The lowest BCUT2D eigenvalue weighted by Gasteiger charge is -2.75. The molecule has 0 radical (unpaired) electrons. The molecule has 0 aliphatic heterocycles. The monoisotopic (exact) mass is 871 g/mol. The molecular weight excluding hydrogens is 757 g/mol. The molecule has 0 spiro atoms. The first-order valence-electron chi connectivity index (χ1n) is 31.3. The highest BCUT2D eigenvalue weighted by Crippen LogP contribution is 2.79. The quantitative estimate of drug-likeness (QED) is 0.233. The van der Waals surface area contributed by atoms with Gasteiger partial charge in [0.2, 0.25) is 0 Å². The minimum Gasteiger partial charge on any atom is -0.0533 e. The van der Waals surface area contributed by atoms with Crippen molar-refractivity contribution in [3.8, 4) is 0 Å². The van der Waals surface area contributed by atoms with Crippen molar-refractivity contribution in [2.75, 3.05) is 0 Å². The van der Waals surface area contributed by atoms with Gasteiger partial charge >= 0.3 is 0 Å². The SMILES string of the molecule is C1CCCCCC(C2(C3CCCCCCCCC3)CCCCCCCCCC(C3CCCCCC3)(C3CCCCC3)C2(C2CCCCCCCC2)C2CCCCCCC2)CCCC1. The summed E-state index contributed by atoms with van der Waals surface area (Å²) in [7, 11) is 0. The summed E-state index contributed by atoms with van der Waals surface area (Å²) < 4.78 is 0. The standard InChI is InChI=1S/C63H114/c1-2-6-15-28-42-55(41-27-14-5-1)61(56-43-29-16-7-3-8-17-30-44-56)53-39-24-11-4-12-25-40-54-62(58-47-37-26-38-48-58,57-45-31-22-23-32-46-57)63(61,60-51-35-20-13-21-36-52-60)59-49-33-18-9-10-19-34-50-59/h55-60H,1-54H2. The maximum absolute atomic E-state index is 1.68. The second-order valence-corrected chi connectivity index (χ2v) is 25.2. The van der Waals surface area contributed by atoms with Gasteiger partial charge in [0.1, 0.15) is 0 Å². The van der Waals surface area contributed by atoms with Crippen molar-refractivity contribution in [1.29, 1.82) is 0 Å². The average Bonchev–Trinajstić information content (AvgIpc) is 3.54. The molecule has 7 aliphatic carbocycles. The molecule has 0 N–H and O–H groups in total. The lowest BCUT2D eigenvalue weighted by molar-refractivity contribution is -0.280. The van der Waals surface area contributed by atoms with E-state index < -0.39 is 0 Å². The maximum atomic E-state index is 1.68. The molecule has 0 aromatic rings. The maximum Gasteiger partial charge on any atom is -0.0117 e. The van der Waals surface area contributed by atoms with Crippen molar-refractivity contribution in [2.45, 2.75) is 347 Å². The van der Waals surface area contributed by atoms with Crippen molar-refractivity contribution >= 4 is 0 Å². The Morgan fingerprint density at radius 1 is 0.143 bits per heavy atom. The highest BCUT2D eigenvalue weighted by molar-refractivity contribution is 5.20. The Hall–Kier alpha value is 0. The van der Waals surface area contributed by atoms with Crippen LogP contribution in [0.1, 0.15) is 347 Å². The van der Waals surface area contributed by atoms with E-state index in [1.165, 1.54) is 70.6 Å². The minimum atomic E-state index is 0.525. The summed E-state index contributed by atoms with van der Waals surface area (Å²) >= 11 is 0. The Bertz CT molecular complexity index is 1110. The first-order valence-corrected chi connectivity index (χ1v) is 31.3. The van der Waals surface area contributed by atoms with Gasteiger partial charge < -0.3 is 0 Å². The Morgan fingerprint density at radius 2 is 0.286 bits per heavy atom. The molecule has 0 heterocycles. The van der Waals surface area contributed by atoms with E-state index in [1.807, 2.05) is 0 Å². The van der Waals surface area contributed by atoms with Gasteiger partial charge in [-0.1, -0.05) is 257 Å². The predicted octanol–water partition coefficient (Wildman–Crippen LogP) is 21.8. The zero-order valence-corrected chi connectivity index (χ0v) is 43.1. The fourth-order valence-corrected chi connectivity index (χ4v) is 19.5. The summed E-state index contributed by atoms with van der Waals surface area (Å²) in [6.45, 7) is 0. The van der Waals surface area contributed by atoms with Crippen LogP contribution in [0.15, 0.2) is 0 Å². The van der Waals surface area contributed by atoms with E-state index in [1.54, 1.807) is 276 Å². The first kappa shape index (κ1) is 50.9. The van der Waals surface area contributed by atoms with Gasteiger partial charge in [-0.25, -0.2) is 0 Å². The lowest BCUT2D eigenvalue weighted by Crippen LogP contribution is -2.70. The average molecular weight is 872 g/mol. The molecule has 0 bridgehead atoms. The van der Waals surface area contributed by atoms with Crippen molar-refractivity contribution in [3.05, 3.63) is 0 Å². The summed E-state index contributed by atoms with van der Waals surface area (Å²) in [5.41, 5.74) is 1.62. The summed E-state index contributed by atoms with van der Waals surface area (Å²) in [4.78, 5) is 0. The van der Waals surface area contributed by atoms with Gasteiger partial charge in [-0.2, -0.15) is 0 Å². The van der Waals surface area contributed by atoms with Crippen molar-refractivity contribution in [2.24, 2.45) is 51.8 Å². The van der Waals surface area contributed by atoms with Gasteiger partial charge in [0, 0.05) is 0 Å². The molecule has 0 amide bonds. The van der Waals surface area contributed by atoms with Crippen LogP contribution >= 0.6 is 0 Å². The van der Waals surface area contributed by atoms with Crippen LogP contribution in [0.3, 0.4) is 0 Å². The van der Waals surface area contributed by atoms with Crippen molar-refractivity contribution in [1.82, 2.24) is 0 Å². The van der Waals surface area contributed by atoms with E-state index in [0.29, 0.717) is 16.2 Å².